The van der Waals surface area contributed by atoms with E-state index in [4.69, 9.17) is 4.74 Å². The Morgan fingerprint density at radius 3 is 2.38 bits per heavy atom. The molecule has 2 rings (SSSR count). The minimum atomic E-state index is 0.00606. The van der Waals surface area contributed by atoms with E-state index in [0.717, 1.165) is 49.2 Å². The first-order chi connectivity index (χ1) is 12.4. The van der Waals surface area contributed by atoms with Crippen LogP contribution in [-0.4, -0.2) is 42.5 Å². The number of hydrogen-bond acceptors (Lipinski definition) is 3. The minimum absolute atomic E-state index is 0.00606. The number of carbonyl (C=O) groups is 2. The lowest BCUT2D eigenvalue weighted by molar-refractivity contribution is -0.132. The number of rotatable bonds is 7. The van der Waals surface area contributed by atoms with Gasteiger partial charge in [-0.3, -0.25) is 9.59 Å². The lowest BCUT2D eigenvalue weighted by atomic mass is 10.0. The zero-order valence-electron chi connectivity index (χ0n) is 16.5. The van der Waals surface area contributed by atoms with Gasteiger partial charge in [-0.25, -0.2) is 0 Å². The van der Waals surface area contributed by atoms with Gasteiger partial charge in [0, 0.05) is 31.5 Å². The zero-order valence-corrected chi connectivity index (χ0v) is 16.5. The van der Waals surface area contributed by atoms with Crippen LogP contribution in [0.25, 0.3) is 0 Å². The average Bonchev–Trinajstić information content (AvgIpc) is 2.61. The van der Waals surface area contributed by atoms with Crippen molar-refractivity contribution in [1.82, 2.24) is 10.2 Å². The van der Waals surface area contributed by atoms with Crippen molar-refractivity contribution >= 4 is 11.8 Å². The van der Waals surface area contributed by atoms with Gasteiger partial charge in [-0.1, -0.05) is 32.0 Å². The summed E-state index contributed by atoms with van der Waals surface area (Å²) in [6.45, 7) is 9.87. The number of piperidine rings is 1. The van der Waals surface area contributed by atoms with Gasteiger partial charge in [0.1, 0.15) is 5.75 Å². The normalized spacial score (nSPS) is 15.2. The third kappa shape index (κ3) is 5.75. The Morgan fingerprint density at radius 2 is 1.81 bits per heavy atom. The van der Waals surface area contributed by atoms with Crippen LogP contribution in [0, 0.1) is 19.8 Å². The largest absolute Gasteiger partial charge is 0.493 e. The van der Waals surface area contributed by atoms with Gasteiger partial charge in [0.05, 0.1) is 6.61 Å². The molecule has 1 aromatic rings. The van der Waals surface area contributed by atoms with Crippen LogP contribution in [0.1, 0.15) is 50.7 Å². The third-order valence-corrected chi connectivity index (χ3v) is 4.91. The molecule has 144 valence electrons. The second-order valence-corrected chi connectivity index (χ2v) is 7.49. The number of nitrogens with one attached hydrogen (secondary N) is 1. The summed E-state index contributed by atoms with van der Waals surface area (Å²) < 4.78 is 5.87. The molecule has 1 saturated heterocycles. The fourth-order valence-electron chi connectivity index (χ4n) is 3.22. The van der Waals surface area contributed by atoms with Crippen LogP contribution in [0.15, 0.2) is 18.2 Å². The number of aryl methyl sites for hydroxylation is 2. The number of benzene rings is 1. The summed E-state index contributed by atoms with van der Waals surface area (Å²) in [5.41, 5.74) is 2.25. The molecule has 1 aliphatic heterocycles. The van der Waals surface area contributed by atoms with Crippen LogP contribution < -0.4 is 10.1 Å². The van der Waals surface area contributed by atoms with Crippen LogP contribution >= 0.6 is 0 Å². The molecule has 1 heterocycles. The number of hydrogen-bond donors (Lipinski definition) is 1. The maximum absolute atomic E-state index is 12.4. The molecule has 26 heavy (non-hydrogen) atoms. The van der Waals surface area contributed by atoms with Crippen LogP contribution in [0.4, 0.5) is 0 Å². The fourth-order valence-corrected chi connectivity index (χ4v) is 3.22. The van der Waals surface area contributed by atoms with Gasteiger partial charge in [0.15, 0.2) is 0 Å². The molecule has 0 radical (unpaired) electrons. The van der Waals surface area contributed by atoms with Gasteiger partial charge in [0.2, 0.25) is 11.8 Å². The van der Waals surface area contributed by atoms with Gasteiger partial charge in [-0.05, 0) is 44.2 Å². The van der Waals surface area contributed by atoms with Crippen molar-refractivity contribution in [2.45, 2.75) is 59.4 Å². The zero-order chi connectivity index (χ0) is 19.1. The maximum atomic E-state index is 12.4. The molecule has 0 bridgehead atoms. The average molecular weight is 360 g/mol. The Hall–Kier alpha value is -2.04. The first kappa shape index (κ1) is 20.3. The second-order valence-electron chi connectivity index (χ2n) is 7.49. The number of likely N-dealkylation sites (tertiary alicyclic amines) is 1. The van der Waals surface area contributed by atoms with Gasteiger partial charge in [-0.15, -0.1) is 0 Å². The number of carbonyl (C=O) groups excluding carboxylic acids is 2. The highest BCUT2D eigenvalue weighted by molar-refractivity contribution is 5.78. The summed E-state index contributed by atoms with van der Waals surface area (Å²) in [5.74, 6) is 1.22. The van der Waals surface area contributed by atoms with Crippen molar-refractivity contribution in [2.24, 2.45) is 5.92 Å². The van der Waals surface area contributed by atoms with Crippen LogP contribution in [0.5, 0.6) is 5.75 Å². The summed E-state index contributed by atoms with van der Waals surface area (Å²) in [5, 5.41) is 3.06. The summed E-state index contributed by atoms with van der Waals surface area (Å²) in [6, 6.07) is 6.29. The lowest BCUT2D eigenvalue weighted by Gasteiger charge is -2.32. The molecule has 1 N–H and O–H groups in total. The van der Waals surface area contributed by atoms with E-state index < -0.39 is 0 Å². The Kier molecular flexibility index (Phi) is 7.49. The van der Waals surface area contributed by atoms with Crippen molar-refractivity contribution in [2.75, 3.05) is 19.7 Å². The number of para-hydroxylation sites is 1. The standard InChI is InChI=1S/C21H32N2O3/c1-15(2)21(25)22-18-10-12-23(13-11-18)19(24)9-6-14-26-20-16(3)7-5-8-17(20)4/h5,7-8,15,18H,6,9-14H2,1-4H3,(H,22,25). The van der Waals surface area contributed by atoms with Crippen molar-refractivity contribution < 1.29 is 14.3 Å². The van der Waals surface area contributed by atoms with E-state index >= 15 is 0 Å². The molecule has 1 aliphatic rings. The van der Waals surface area contributed by atoms with Gasteiger partial charge in [0.25, 0.3) is 0 Å². The first-order valence-electron chi connectivity index (χ1n) is 9.65. The van der Waals surface area contributed by atoms with E-state index in [1.54, 1.807) is 0 Å². The van der Waals surface area contributed by atoms with Gasteiger partial charge >= 0.3 is 0 Å². The summed E-state index contributed by atoms with van der Waals surface area (Å²) in [4.78, 5) is 26.0. The van der Waals surface area contributed by atoms with E-state index in [1.807, 2.05) is 50.8 Å². The van der Waals surface area contributed by atoms with Gasteiger partial charge < -0.3 is 15.0 Å². The molecule has 0 aliphatic carbocycles. The minimum Gasteiger partial charge on any atom is -0.493 e. The van der Waals surface area contributed by atoms with E-state index in [0.29, 0.717) is 13.0 Å². The molecule has 0 aromatic heterocycles. The molecule has 1 aromatic carbocycles. The summed E-state index contributed by atoms with van der Waals surface area (Å²) in [7, 11) is 0. The predicted octanol–water partition coefficient (Wildman–Crippen LogP) is 3.23. The number of nitrogens with zero attached hydrogens (tertiary/aromatic N) is 1. The first-order valence-corrected chi connectivity index (χ1v) is 9.65. The lowest BCUT2D eigenvalue weighted by Crippen LogP contribution is -2.47. The third-order valence-electron chi connectivity index (χ3n) is 4.91. The molecule has 0 saturated carbocycles. The van der Waals surface area contributed by atoms with Crippen LogP contribution in [0.3, 0.4) is 0 Å². The Bertz CT molecular complexity index is 599. The van der Waals surface area contributed by atoms with Crippen molar-refractivity contribution in [3.63, 3.8) is 0 Å². The molecule has 5 nitrogen and oxygen atoms in total. The van der Waals surface area contributed by atoms with Crippen molar-refractivity contribution in [3.8, 4) is 5.75 Å². The highest BCUT2D eigenvalue weighted by Crippen LogP contribution is 2.22. The maximum Gasteiger partial charge on any atom is 0.222 e. The molecular weight excluding hydrogens is 328 g/mol. The second kappa shape index (κ2) is 9.60. The van der Waals surface area contributed by atoms with E-state index in [9.17, 15) is 9.59 Å². The van der Waals surface area contributed by atoms with Crippen LogP contribution in [0.2, 0.25) is 0 Å². The SMILES string of the molecule is Cc1cccc(C)c1OCCCC(=O)N1CCC(NC(=O)C(C)C)CC1. The van der Waals surface area contributed by atoms with Crippen molar-refractivity contribution in [1.29, 1.82) is 0 Å². The monoisotopic (exact) mass is 360 g/mol. The van der Waals surface area contributed by atoms with E-state index in [-0.39, 0.29) is 23.8 Å². The molecule has 0 spiro atoms. The number of ether oxygens (including phenoxy) is 1. The topological polar surface area (TPSA) is 58.6 Å². The molecule has 5 heteroatoms. The smallest absolute Gasteiger partial charge is 0.222 e. The quantitative estimate of drug-likeness (QED) is 0.760. The molecule has 0 atom stereocenters. The van der Waals surface area contributed by atoms with Crippen LogP contribution in [-0.2, 0) is 9.59 Å². The van der Waals surface area contributed by atoms with Gasteiger partial charge in [-0.2, -0.15) is 0 Å². The Labute approximate surface area is 157 Å². The molecule has 0 unspecified atom stereocenters. The fraction of sp³-hybridized carbons (Fsp3) is 0.619. The summed E-state index contributed by atoms with van der Waals surface area (Å²) in [6.07, 6.45) is 2.90. The summed E-state index contributed by atoms with van der Waals surface area (Å²) >= 11 is 0. The highest BCUT2D eigenvalue weighted by atomic mass is 16.5. The molecule has 2 amide bonds. The highest BCUT2D eigenvalue weighted by Gasteiger charge is 2.24. The van der Waals surface area contributed by atoms with E-state index in [2.05, 4.69) is 5.32 Å². The predicted molar refractivity (Wildman–Crippen MR) is 103 cm³/mol. The Balaban J connectivity index is 1.67. The molecular formula is C21H32N2O3. The Morgan fingerprint density at radius 1 is 1.19 bits per heavy atom. The van der Waals surface area contributed by atoms with E-state index in [1.165, 1.54) is 0 Å². The molecule has 1 fully saturated rings. The van der Waals surface area contributed by atoms with Crippen molar-refractivity contribution in [3.05, 3.63) is 29.3 Å². The number of amides is 2.